The number of aliphatic hydroxyl groups excluding tert-OH is 1. The van der Waals surface area contributed by atoms with Crippen LogP contribution < -0.4 is 4.74 Å². The lowest BCUT2D eigenvalue weighted by molar-refractivity contribution is -0.228. The van der Waals surface area contributed by atoms with Crippen LogP contribution in [0, 0.1) is 0 Å². The van der Waals surface area contributed by atoms with Crippen LogP contribution in [0.4, 0.5) is 0 Å². The highest BCUT2D eigenvalue weighted by atomic mass is 79.9. The van der Waals surface area contributed by atoms with E-state index in [4.69, 9.17) is 23.7 Å². The smallest absolute Gasteiger partial charge is 0.303 e. The van der Waals surface area contributed by atoms with E-state index >= 15 is 0 Å². The number of rotatable bonds is 5. The molecule has 0 amide bonds. The maximum atomic E-state index is 11.4. The number of hydrogen-bond donors (Lipinski definition) is 1. The summed E-state index contributed by atoms with van der Waals surface area (Å²) in [5, 5.41) is 10.7. The van der Waals surface area contributed by atoms with Gasteiger partial charge in [0.25, 0.3) is 0 Å². The van der Waals surface area contributed by atoms with Crippen molar-refractivity contribution in [2.45, 2.75) is 44.5 Å². The molecule has 5 atom stereocenters. The molecule has 1 N–H and O–H groups in total. The molecule has 0 aliphatic carbocycles. The third kappa shape index (κ3) is 4.29. The Hall–Kier alpha value is -2.17. The van der Waals surface area contributed by atoms with Gasteiger partial charge in [0.15, 0.2) is 18.4 Å². The maximum Gasteiger partial charge on any atom is 0.303 e. The van der Waals surface area contributed by atoms with Crippen molar-refractivity contribution in [1.29, 1.82) is 0 Å². The Labute approximate surface area is 169 Å². The van der Waals surface area contributed by atoms with Crippen LogP contribution in [0.15, 0.2) is 27.7 Å². The number of esters is 2. The lowest BCUT2D eigenvalue weighted by Gasteiger charge is -2.39. The first-order chi connectivity index (χ1) is 13.3. The monoisotopic (exact) mass is 457 g/mol. The minimum absolute atomic E-state index is 0.193. The SMILES string of the molecule is COc1ccc(Br)c(C2=N[C@H]3O[C@H](COC(C)=O)[C@@H](OC(C)=O)[C@H](O)[C@H]3O2)c1. The largest absolute Gasteiger partial charge is 0.497 e. The predicted octanol–water partition coefficient (Wildman–Crippen LogP) is 1.18. The van der Waals surface area contributed by atoms with E-state index in [2.05, 4.69) is 20.9 Å². The van der Waals surface area contributed by atoms with Crippen molar-refractivity contribution in [1.82, 2.24) is 0 Å². The second-order valence-corrected chi connectivity index (χ2v) is 7.15. The number of benzene rings is 1. The van der Waals surface area contributed by atoms with Crippen LogP contribution in [-0.2, 0) is 28.5 Å². The molecule has 0 saturated carbocycles. The number of aliphatic imine (C=N–C) groups is 1. The van der Waals surface area contributed by atoms with Gasteiger partial charge < -0.3 is 28.8 Å². The zero-order valence-corrected chi connectivity index (χ0v) is 17.0. The molecular formula is C18H20BrNO8. The van der Waals surface area contributed by atoms with Gasteiger partial charge in [-0.15, -0.1) is 0 Å². The van der Waals surface area contributed by atoms with Gasteiger partial charge in [0.05, 0.1) is 12.7 Å². The first kappa shape index (κ1) is 20.6. The first-order valence-corrected chi connectivity index (χ1v) is 9.32. The number of halogens is 1. The van der Waals surface area contributed by atoms with Crippen molar-refractivity contribution in [3.63, 3.8) is 0 Å². The molecule has 28 heavy (non-hydrogen) atoms. The fraction of sp³-hybridized carbons (Fsp3) is 0.500. The molecule has 2 aliphatic heterocycles. The third-order valence-electron chi connectivity index (χ3n) is 4.28. The number of hydrogen-bond acceptors (Lipinski definition) is 9. The molecule has 0 radical (unpaired) electrons. The molecule has 2 heterocycles. The Balaban J connectivity index is 1.85. The normalized spacial score (nSPS) is 28.6. The molecule has 2 aliphatic rings. The minimum Gasteiger partial charge on any atom is -0.497 e. The highest BCUT2D eigenvalue weighted by Gasteiger charge is 2.52. The first-order valence-electron chi connectivity index (χ1n) is 8.52. The number of nitrogens with zero attached hydrogens (tertiary/aromatic N) is 1. The highest BCUT2D eigenvalue weighted by molar-refractivity contribution is 9.10. The van der Waals surface area contributed by atoms with Crippen molar-refractivity contribution < 1.29 is 38.4 Å². The quantitative estimate of drug-likeness (QED) is 0.655. The summed E-state index contributed by atoms with van der Waals surface area (Å²) in [6.07, 6.45) is -4.92. The van der Waals surface area contributed by atoms with Crippen LogP contribution >= 0.6 is 15.9 Å². The highest BCUT2D eigenvalue weighted by Crippen LogP contribution is 2.34. The summed E-state index contributed by atoms with van der Waals surface area (Å²) in [6, 6.07) is 5.28. The van der Waals surface area contributed by atoms with Crippen LogP contribution in [0.3, 0.4) is 0 Å². The van der Waals surface area contributed by atoms with E-state index in [9.17, 15) is 14.7 Å². The van der Waals surface area contributed by atoms with Crippen LogP contribution in [-0.4, -0.2) is 67.3 Å². The number of carbonyl (C=O) groups excluding carboxylic acids is 2. The van der Waals surface area contributed by atoms with Gasteiger partial charge in [-0.25, -0.2) is 4.99 Å². The van der Waals surface area contributed by atoms with Gasteiger partial charge in [-0.1, -0.05) is 0 Å². The number of methoxy groups -OCH3 is 1. The van der Waals surface area contributed by atoms with Gasteiger partial charge in [0.2, 0.25) is 5.90 Å². The predicted molar refractivity (Wildman–Crippen MR) is 99.0 cm³/mol. The van der Waals surface area contributed by atoms with Crippen molar-refractivity contribution in [3.8, 4) is 5.75 Å². The zero-order valence-electron chi connectivity index (χ0n) is 15.5. The number of ether oxygens (including phenoxy) is 5. The fourth-order valence-corrected chi connectivity index (χ4v) is 3.43. The summed E-state index contributed by atoms with van der Waals surface area (Å²) >= 11 is 3.43. The second kappa shape index (κ2) is 8.46. The Morgan fingerprint density at radius 2 is 2.04 bits per heavy atom. The Kier molecular flexibility index (Phi) is 6.21. The molecule has 152 valence electrons. The molecule has 0 aromatic heterocycles. The summed E-state index contributed by atoms with van der Waals surface area (Å²) in [5.74, 6) is -0.275. The van der Waals surface area contributed by atoms with E-state index < -0.39 is 42.6 Å². The summed E-state index contributed by atoms with van der Waals surface area (Å²) in [6.45, 7) is 2.27. The van der Waals surface area contributed by atoms with E-state index in [0.717, 1.165) is 0 Å². The van der Waals surface area contributed by atoms with E-state index in [-0.39, 0.29) is 12.5 Å². The summed E-state index contributed by atoms with van der Waals surface area (Å²) in [7, 11) is 1.54. The average molecular weight is 458 g/mol. The average Bonchev–Trinajstić information content (AvgIpc) is 3.06. The van der Waals surface area contributed by atoms with Crippen LogP contribution in [0.5, 0.6) is 5.75 Å². The van der Waals surface area contributed by atoms with Crippen molar-refractivity contribution in [2.75, 3.05) is 13.7 Å². The van der Waals surface area contributed by atoms with Crippen LogP contribution in [0.25, 0.3) is 0 Å². The Morgan fingerprint density at radius 3 is 2.68 bits per heavy atom. The molecule has 9 nitrogen and oxygen atoms in total. The summed E-state index contributed by atoms with van der Waals surface area (Å²) in [4.78, 5) is 27.0. The second-order valence-electron chi connectivity index (χ2n) is 6.29. The van der Waals surface area contributed by atoms with Gasteiger partial charge in [-0.2, -0.15) is 0 Å². The van der Waals surface area contributed by atoms with Gasteiger partial charge in [-0.3, -0.25) is 9.59 Å². The standard InChI is InChI=1S/C18H20BrNO8/c1-8(21)25-7-13-15(26-9(2)22)14(23)16-18(27-13)20-17(28-16)11-6-10(24-3)4-5-12(11)19/h4-6,13-16,18,23H,7H2,1-3H3/t13-,14+,15-,16-,18+/m1/s1. The Morgan fingerprint density at radius 1 is 1.29 bits per heavy atom. The number of carbonyl (C=O) groups is 2. The molecule has 0 spiro atoms. The van der Waals surface area contributed by atoms with Gasteiger partial charge >= 0.3 is 11.9 Å². The van der Waals surface area contributed by atoms with E-state index in [1.54, 1.807) is 25.3 Å². The van der Waals surface area contributed by atoms with Crippen LogP contribution in [0.1, 0.15) is 19.4 Å². The molecule has 10 heteroatoms. The molecule has 1 aromatic carbocycles. The molecule has 1 saturated heterocycles. The summed E-state index contributed by atoms with van der Waals surface area (Å²) < 4.78 is 27.7. The summed E-state index contributed by atoms with van der Waals surface area (Å²) in [5.41, 5.74) is 0.616. The van der Waals surface area contributed by atoms with E-state index in [0.29, 0.717) is 15.8 Å². The van der Waals surface area contributed by atoms with Gasteiger partial charge in [-0.05, 0) is 34.1 Å². The van der Waals surface area contributed by atoms with Crippen molar-refractivity contribution in [3.05, 3.63) is 28.2 Å². The third-order valence-corrected chi connectivity index (χ3v) is 4.98. The van der Waals surface area contributed by atoms with E-state index in [1.807, 2.05) is 0 Å². The topological polar surface area (TPSA) is 113 Å². The van der Waals surface area contributed by atoms with Crippen molar-refractivity contribution in [2.24, 2.45) is 4.99 Å². The fourth-order valence-electron chi connectivity index (χ4n) is 3.02. The molecular weight excluding hydrogens is 438 g/mol. The van der Waals surface area contributed by atoms with Crippen molar-refractivity contribution >= 4 is 33.8 Å². The molecule has 3 rings (SSSR count). The molecule has 0 bridgehead atoms. The zero-order chi connectivity index (χ0) is 20.4. The molecule has 0 unspecified atom stereocenters. The van der Waals surface area contributed by atoms with Crippen LogP contribution in [0.2, 0.25) is 0 Å². The Bertz CT molecular complexity index is 798. The van der Waals surface area contributed by atoms with Gasteiger partial charge in [0, 0.05) is 18.3 Å². The maximum absolute atomic E-state index is 11.4. The van der Waals surface area contributed by atoms with Gasteiger partial charge in [0.1, 0.15) is 24.6 Å². The minimum atomic E-state index is -1.23. The lowest BCUT2D eigenvalue weighted by Crippen LogP contribution is -2.59. The lowest BCUT2D eigenvalue weighted by atomic mass is 9.98. The van der Waals surface area contributed by atoms with E-state index in [1.165, 1.54) is 13.8 Å². The molecule has 1 fully saturated rings. The number of fused-ring (bicyclic) bond motifs is 1. The molecule has 1 aromatic rings. The number of aliphatic hydroxyl groups is 1.